The number of rotatable bonds is 5. The monoisotopic (exact) mass is 249 g/mol. The summed E-state index contributed by atoms with van der Waals surface area (Å²) in [6, 6.07) is 7.61. The van der Waals surface area contributed by atoms with Crippen LogP contribution < -0.4 is 10.1 Å². The zero-order valence-corrected chi connectivity index (χ0v) is 10.7. The van der Waals surface area contributed by atoms with Crippen molar-refractivity contribution in [2.45, 2.75) is 17.1 Å². The lowest BCUT2D eigenvalue weighted by molar-refractivity contribution is -0.120. The van der Waals surface area contributed by atoms with Gasteiger partial charge in [-0.1, -0.05) is 12.0 Å². The lowest BCUT2D eigenvalue weighted by Crippen LogP contribution is -2.30. The number of hydrogen-bond donors (Lipinski definition) is 1. The molecule has 3 nitrogen and oxygen atoms in total. The molecule has 0 bridgehead atoms. The van der Waals surface area contributed by atoms with Gasteiger partial charge in [-0.15, -0.1) is 18.2 Å². The largest absolute Gasteiger partial charge is 0.497 e. The quantitative estimate of drug-likeness (QED) is 0.640. The maximum absolute atomic E-state index is 11.6. The van der Waals surface area contributed by atoms with Crippen LogP contribution in [0.1, 0.15) is 6.92 Å². The standard InChI is InChI=1S/C13H15NO2S/c1-4-8-14-13(15)10(2)17-12-7-5-6-11(9-12)16-3/h1,5-7,9-10H,8H2,2-3H3,(H,14,15)/t10-/m1/s1. The van der Waals surface area contributed by atoms with Crippen molar-refractivity contribution in [2.24, 2.45) is 0 Å². The summed E-state index contributed by atoms with van der Waals surface area (Å²) in [7, 11) is 1.62. The SMILES string of the molecule is C#CCNC(=O)[C@@H](C)Sc1cccc(OC)c1. The Morgan fingerprint density at radius 2 is 2.41 bits per heavy atom. The molecule has 1 aromatic carbocycles. The van der Waals surface area contributed by atoms with E-state index in [1.54, 1.807) is 7.11 Å². The third-order valence-corrected chi connectivity index (χ3v) is 3.18. The molecule has 0 aliphatic rings. The fraction of sp³-hybridized carbons (Fsp3) is 0.308. The van der Waals surface area contributed by atoms with Crippen LogP contribution in [0, 0.1) is 12.3 Å². The summed E-state index contributed by atoms with van der Waals surface area (Å²) in [5, 5.41) is 2.47. The zero-order chi connectivity index (χ0) is 12.7. The highest BCUT2D eigenvalue weighted by atomic mass is 32.2. The number of carbonyl (C=O) groups is 1. The average molecular weight is 249 g/mol. The third kappa shape index (κ3) is 4.41. The summed E-state index contributed by atoms with van der Waals surface area (Å²) >= 11 is 1.47. The molecule has 1 aromatic rings. The van der Waals surface area contributed by atoms with Gasteiger partial charge < -0.3 is 10.1 Å². The Morgan fingerprint density at radius 1 is 1.65 bits per heavy atom. The van der Waals surface area contributed by atoms with Crippen LogP contribution in [0.5, 0.6) is 5.75 Å². The Hall–Kier alpha value is -1.60. The van der Waals surface area contributed by atoms with Crippen LogP contribution in [0.4, 0.5) is 0 Å². The molecule has 1 amide bonds. The molecule has 0 saturated heterocycles. The van der Waals surface area contributed by atoms with Crippen LogP contribution in [0.25, 0.3) is 0 Å². The van der Waals surface area contributed by atoms with E-state index in [0.717, 1.165) is 10.6 Å². The minimum Gasteiger partial charge on any atom is -0.497 e. The number of hydrogen-bond acceptors (Lipinski definition) is 3. The molecule has 0 fully saturated rings. The van der Waals surface area contributed by atoms with Gasteiger partial charge >= 0.3 is 0 Å². The van der Waals surface area contributed by atoms with E-state index in [-0.39, 0.29) is 17.7 Å². The molecular weight excluding hydrogens is 234 g/mol. The van der Waals surface area contributed by atoms with Gasteiger partial charge in [0.05, 0.1) is 18.9 Å². The first-order valence-corrected chi connectivity index (χ1v) is 6.07. The molecule has 0 aromatic heterocycles. The smallest absolute Gasteiger partial charge is 0.233 e. The van der Waals surface area contributed by atoms with Gasteiger partial charge in [0.15, 0.2) is 0 Å². The number of carbonyl (C=O) groups excluding carboxylic acids is 1. The molecule has 0 radical (unpaired) electrons. The van der Waals surface area contributed by atoms with E-state index in [9.17, 15) is 4.79 Å². The fourth-order valence-electron chi connectivity index (χ4n) is 1.21. The van der Waals surface area contributed by atoms with Crippen LogP contribution in [-0.2, 0) is 4.79 Å². The normalized spacial score (nSPS) is 11.4. The van der Waals surface area contributed by atoms with Crippen molar-refractivity contribution in [2.75, 3.05) is 13.7 Å². The van der Waals surface area contributed by atoms with Gasteiger partial charge in [-0.05, 0) is 25.1 Å². The molecule has 1 N–H and O–H groups in total. The number of methoxy groups -OCH3 is 1. The first-order valence-electron chi connectivity index (χ1n) is 5.19. The number of terminal acetylenes is 1. The highest BCUT2D eigenvalue weighted by molar-refractivity contribution is 8.00. The van der Waals surface area contributed by atoms with Crippen LogP contribution in [0.15, 0.2) is 29.2 Å². The lowest BCUT2D eigenvalue weighted by Gasteiger charge is -2.11. The molecule has 4 heteroatoms. The van der Waals surface area contributed by atoms with E-state index >= 15 is 0 Å². The average Bonchev–Trinajstić information content (AvgIpc) is 2.36. The molecule has 0 aliphatic heterocycles. The number of thioether (sulfide) groups is 1. The van der Waals surface area contributed by atoms with E-state index in [4.69, 9.17) is 11.2 Å². The molecule has 0 heterocycles. The Morgan fingerprint density at radius 3 is 3.06 bits per heavy atom. The first kappa shape index (κ1) is 13.5. The van der Waals surface area contributed by atoms with Crippen LogP contribution >= 0.6 is 11.8 Å². The minimum atomic E-state index is -0.185. The van der Waals surface area contributed by atoms with Crippen molar-refractivity contribution in [1.82, 2.24) is 5.32 Å². The van der Waals surface area contributed by atoms with Gasteiger partial charge in [0, 0.05) is 4.90 Å². The number of nitrogens with one attached hydrogen (secondary N) is 1. The number of benzene rings is 1. The Labute approximate surface area is 106 Å². The second-order valence-electron chi connectivity index (χ2n) is 3.36. The molecule has 1 rings (SSSR count). The van der Waals surface area contributed by atoms with Crippen molar-refractivity contribution in [1.29, 1.82) is 0 Å². The fourth-order valence-corrected chi connectivity index (χ4v) is 2.15. The highest BCUT2D eigenvalue weighted by Gasteiger charge is 2.13. The van der Waals surface area contributed by atoms with Crippen LogP contribution in [0.3, 0.4) is 0 Å². The molecular formula is C13H15NO2S. The van der Waals surface area contributed by atoms with E-state index in [1.807, 2.05) is 31.2 Å². The summed E-state index contributed by atoms with van der Waals surface area (Å²) in [4.78, 5) is 12.6. The second kappa shape index (κ2) is 6.87. The predicted octanol–water partition coefficient (Wildman–Crippen LogP) is 1.93. The molecule has 0 unspecified atom stereocenters. The lowest BCUT2D eigenvalue weighted by atomic mass is 10.3. The van der Waals surface area contributed by atoms with Crippen LogP contribution in [-0.4, -0.2) is 24.8 Å². The number of ether oxygens (including phenoxy) is 1. The summed E-state index contributed by atoms with van der Waals surface area (Å²) in [5.74, 6) is 3.10. The van der Waals surface area contributed by atoms with Gasteiger partial charge in [-0.3, -0.25) is 4.79 Å². The van der Waals surface area contributed by atoms with E-state index in [0.29, 0.717) is 0 Å². The van der Waals surface area contributed by atoms with Crippen molar-refractivity contribution in [3.8, 4) is 18.1 Å². The third-order valence-electron chi connectivity index (χ3n) is 2.09. The first-order chi connectivity index (χ1) is 8.17. The van der Waals surface area contributed by atoms with Crippen molar-refractivity contribution < 1.29 is 9.53 Å². The predicted molar refractivity (Wildman–Crippen MR) is 70.2 cm³/mol. The van der Waals surface area contributed by atoms with Crippen LogP contribution in [0.2, 0.25) is 0 Å². The molecule has 90 valence electrons. The Balaban J connectivity index is 2.58. The van der Waals surface area contributed by atoms with E-state index in [2.05, 4.69) is 11.2 Å². The highest BCUT2D eigenvalue weighted by Crippen LogP contribution is 2.26. The van der Waals surface area contributed by atoms with Crippen molar-refractivity contribution in [3.63, 3.8) is 0 Å². The molecule has 17 heavy (non-hydrogen) atoms. The minimum absolute atomic E-state index is 0.0595. The molecule has 0 saturated carbocycles. The van der Waals surface area contributed by atoms with E-state index < -0.39 is 0 Å². The Bertz CT molecular complexity index is 426. The van der Waals surface area contributed by atoms with Gasteiger partial charge in [0.2, 0.25) is 5.91 Å². The van der Waals surface area contributed by atoms with Gasteiger partial charge in [-0.25, -0.2) is 0 Å². The molecule has 0 aliphatic carbocycles. The zero-order valence-electron chi connectivity index (χ0n) is 9.90. The maximum atomic E-state index is 11.6. The van der Waals surface area contributed by atoms with E-state index in [1.165, 1.54) is 11.8 Å². The summed E-state index contributed by atoms with van der Waals surface area (Å²) in [6.45, 7) is 2.11. The topological polar surface area (TPSA) is 38.3 Å². The number of amides is 1. The van der Waals surface area contributed by atoms with Gasteiger partial charge in [-0.2, -0.15) is 0 Å². The maximum Gasteiger partial charge on any atom is 0.233 e. The van der Waals surface area contributed by atoms with Gasteiger partial charge in [0.1, 0.15) is 5.75 Å². The van der Waals surface area contributed by atoms with Gasteiger partial charge in [0.25, 0.3) is 0 Å². The summed E-state index contributed by atoms with van der Waals surface area (Å²) < 4.78 is 5.12. The van der Waals surface area contributed by atoms with Crippen molar-refractivity contribution in [3.05, 3.63) is 24.3 Å². The Kier molecular flexibility index (Phi) is 5.44. The van der Waals surface area contributed by atoms with Crippen molar-refractivity contribution >= 4 is 17.7 Å². The second-order valence-corrected chi connectivity index (χ2v) is 4.78. The summed E-state index contributed by atoms with van der Waals surface area (Å²) in [6.07, 6.45) is 5.08. The summed E-state index contributed by atoms with van der Waals surface area (Å²) in [5.41, 5.74) is 0. The molecule has 1 atom stereocenters. The molecule has 0 spiro atoms.